The minimum atomic E-state index is 0.158. The molecule has 0 atom stereocenters. The molecule has 0 unspecified atom stereocenters. The van der Waals surface area contributed by atoms with Gasteiger partial charge in [-0.3, -0.25) is 5.21 Å². The second kappa shape index (κ2) is 7.04. The summed E-state index contributed by atoms with van der Waals surface area (Å²) >= 11 is 0. The maximum atomic E-state index is 9.12. The summed E-state index contributed by atoms with van der Waals surface area (Å²) in [4.78, 5) is 15.0. The molecule has 1 aromatic carbocycles. The number of piperidine rings is 1. The normalized spacial score (nSPS) is 14.7. The Morgan fingerprint density at radius 3 is 2.41 bits per heavy atom. The van der Waals surface area contributed by atoms with Gasteiger partial charge in [-0.15, -0.1) is 0 Å². The number of aromatic nitrogens is 3. The molecule has 0 spiro atoms. The highest BCUT2D eigenvalue weighted by Gasteiger charge is 2.16. The third kappa shape index (κ3) is 3.62. The quantitative estimate of drug-likeness (QED) is 0.730. The molecule has 1 saturated heterocycles. The first kappa shape index (κ1) is 14.5. The second-order valence-corrected chi connectivity index (χ2v) is 5.28. The summed E-state index contributed by atoms with van der Waals surface area (Å²) in [6.07, 6.45) is 3.52. The lowest BCUT2D eigenvalue weighted by molar-refractivity contribution is 0.382. The average molecular weight is 300 g/mol. The van der Waals surface area contributed by atoms with Gasteiger partial charge in [0.05, 0.1) is 0 Å². The summed E-state index contributed by atoms with van der Waals surface area (Å²) in [6, 6.07) is 10.0. The highest BCUT2D eigenvalue weighted by molar-refractivity contribution is 5.43. The van der Waals surface area contributed by atoms with Gasteiger partial charge in [-0.25, -0.2) is 5.48 Å². The number of hydrogen-bond donors (Lipinski definition) is 3. The molecular formula is C15H20N6O. The predicted octanol–water partition coefficient (Wildman–Crippen LogP) is 2.28. The molecule has 0 amide bonds. The van der Waals surface area contributed by atoms with Gasteiger partial charge in [0.1, 0.15) is 0 Å². The Kier molecular flexibility index (Phi) is 4.65. The highest BCUT2D eigenvalue weighted by atomic mass is 16.5. The Balaban J connectivity index is 1.75. The zero-order valence-electron chi connectivity index (χ0n) is 12.4. The summed E-state index contributed by atoms with van der Waals surface area (Å²) in [5.74, 6) is 1.21. The van der Waals surface area contributed by atoms with Crippen molar-refractivity contribution < 1.29 is 5.21 Å². The van der Waals surface area contributed by atoms with E-state index in [2.05, 4.69) is 25.2 Å². The van der Waals surface area contributed by atoms with Gasteiger partial charge >= 0.3 is 0 Å². The number of rotatable bonds is 5. The summed E-state index contributed by atoms with van der Waals surface area (Å²) in [5, 5.41) is 12.3. The van der Waals surface area contributed by atoms with Gasteiger partial charge in [0.15, 0.2) is 0 Å². The van der Waals surface area contributed by atoms with Crippen molar-refractivity contribution in [2.24, 2.45) is 0 Å². The van der Waals surface area contributed by atoms with E-state index in [1.165, 1.54) is 6.42 Å². The van der Waals surface area contributed by atoms with Crippen molar-refractivity contribution in [2.45, 2.75) is 25.8 Å². The monoisotopic (exact) mass is 300 g/mol. The predicted molar refractivity (Wildman–Crippen MR) is 85.1 cm³/mol. The van der Waals surface area contributed by atoms with Crippen LogP contribution >= 0.6 is 0 Å². The standard InChI is InChI=1S/C15H20N6O/c22-20-14-17-13(16-11-12-7-3-1-4-8-12)18-15(19-14)21-9-5-2-6-10-21/h1,3-4,7-8,22H,2,5-6,9-11H2,(H2,16,17,18,19,20). The van der Waals surface area contributed by atoms with E-state index in [9.17, 15) is 0 Å². The summed E-state index contributed by atoms with van der Waals surface area (Å²) < 4.78 is 0. The van der Waals surface area contributed by atoms with Gasteiger partial charge in [0, 0.05) is 19.6 Å². The maximum Gasteiger partial charge on any atom is 0.253 e. The van der Waals surface area contributed by atoms with Crippen LogP contribution in [0.3, 0.4) is 0 Å². The molecule has 3 rings (SSSR count). The third-order valence-corrected chi connectivity index (χ3v) is 3.66. The van der Waals surface area contributed by atoms with Crippen molar-refractivity contribution in [2.75, 3.05) is 28.8 Å². The minimum Gasteiger partial charge on any atom is -0.350 e. The van der Waals surface area contributed by atoms with Crippen LogP contribution in [0.15, 0.2) is 30.3 Å². The second-order valence-electron chi connectivity index (χ2n) is 5.28. The van der Waals surface area contributed by atoms with Crippen LogP contribution in [0.4, 0.5) is 17.8 Å². The number of hydrogen-bond acceptors (Lipinski definition) is 7. The van der Waals surface area contributed by atoms with Crippen LogP contribution in [0.2, 0.25) is 0 Å². The van der Waals surface area contributed by atoms with Crippen molar-refractivity contribution >= 4 is 17.8 Å². The summed E-state index contributed by atoms with van der Waals surface area (Å²) in [7, 11) is 0. The molecule has 116 valence electrons. The molecule has 0 bridgehead atoms. The molecule has 2 aromatic rings. The Hall–Kier alpha value is -2.41. The van der Waals surface area contributed by atoms with E-state index in [1.807, 2.05) is 35.8 Å². The van der Waals surface area contributed by atoms with Crippen LogP contribution in [-0.2, 0) is 6.54 Å². The molecule has 3 N–H and O–H groups in total. The van der Waals surface area contributed by atoms with Crippen LogP contribution < -0.4 is 15.7 Å². The van der Waals surface area contributed by atoms with Crippen LogP contribution in [-0.4, -0.2) is 33.2 Å². The third-order valence-electron chi connectivity index (χ3n) is 3.66. The number of benzene rings is 1. The van der Waals surface area contributed by atoms with E-state index >= 15 is 0 Å². The molecule has 1 aliphatic heterocycles. The largest absolute Gasteiger partial charge is 0.350 e. The first-order valence-electron chi connectivity index (χ1n) is 7.54. The molecule has 7 heteroatoms. The molecule has 0 aliphatic carbocycles. The lowest BCUT2D eigenvalue weighted by atomic mass is 10.1. The molecule has 7 nitrogen and oxygen atoms in total. The first-order chi connectivity index (χ1) is 10.8. The highest BCUT2D eigenvalue weighted by Crippen LogP contribution is 2.18. The van der Waals surface area contributed by atoms with Gasteiger partial charge in [-0.05, 0) is 24.8 Å². The molecule has 0 saturated carbocycles. The molecule has 1 fully saturated rings. The molecule has 2 heterocycles. The van der Waals surface area contributed by atoms with Gasteiger partial charge in [0.25, 0.3) is 5.95 Å². The fraction of sp³-hybridized carbons (Fsp3) is 0.400. The smallest absolute Gasteiger partial charge is 0.253 e. The van der Waals surface area contributed by atoms with E-state index in [4.69, 9.17) is 5.21 Å². The van der Waals surface area contributed by atoms with E-state index in [-0.39, 0.29) is 5.95 Å². The Morgan fingerprint density at radius 1 is 0.955 bits per heavy atom. The molecule has 1 aromatic heterocycles. The van der Waals surface area contributed by atoms with Crippen molar-refractivity contribution in [3.63, 3.8) is 0 Å². The SMILES string of the molecule is ONc1nc(NCc2ccccc2)nc(N2CCCCC2)n1. The van der Waals surface area contributed by atoms with Gasteiger partial charge in [-0.2, -0.15) is 15.0 Å². The van der Waals surface area contributed by atoms with Crippen LogP contribution in [0.25, 0.3) is 0 Å². The zero-order chi connectivity index (χ0) is 15.2. The summed E-state index contributed by atoms with van der Waals surface area (Å²) in [5.41, 5.74) is 3.16. The van der Waals surface area contributed by atoms with E-state index in [0.29, 0.717) is 18.4 Å². The minimum absolute atomic E-state index is 0.158. The first-order valence-corrected chi connectivity index (χ1v) is 7.54. The van der Waals surface area contributed by atoms with E-state index in [0.717, 1.165) is 31.5 Å². The Morgan fingerprint density at radius 2 is 1.68 bits per heavy atom. The molecule has 0 radical (unpaired) electrons. The number of nitrogens with one attached hydrogen (secondary N) is 2. The van der Waals surface area contributed by atoms with Crippen LogP contribution in [0.1, 0.15) is 24.8 Å². The topological polar surface area (TPSA) is 86.2 Å². The van der Waals surface area contributed by atoms with Gasteiger partial charge in [-0.1, -0.05) is 30.3 Å². The fourth-order valence-electron chi connectivity index (χ4n) is 2.51. The fourth-order valence-corrected chi connectivity index (χ4v) is 2.51. The lowest BCUT2D eigenvalue weighted by Crippen LogP contribution is -2.31. The van der Waals surface area contributed by atoms with Gasteiger partial charge in [0.2, 0.25) is 11.9 Å². The lowest BCUT2D eigenvalue weighted by Gasteiger charge is -2.26. The van der Waals surface area contributed by atoms with Gasteiger partial charge < -0.3 is 10.2 Å². The van der Waals surface area contributed by atoms with Crippen molar-refractivity contribution in [1.29, 1.82) is 0 Å². The number of nitrogens with zero attached hydrogens (tertiary/aromatic N) is 4. The van der Waals surface area contributed by atoms with Crippen molar-refractivity contribution in [3.8, 4) is 0 Å². The van der Waals surface area contributed by atoms with E-state index < -0.39 is 0 Å². The Bertz CT molecular complexity index is 600. The van der Waals surface area contributed by atoms with E-state index in [1.54, 1.807) is 0 Å². The van der Waals surface area contributed by atoms with Crippen molar-refractivity contribution in [3.05, 3.63) is 35.9 Å². The average Bonchev–Trinajstić information content (AvgIpc) is 2.61. The number of anilines is 3. The van der Waals surface area contributed by atoms with Crippen LogP contribution in [0.5, 0.6) is 0 Å². The summed E-state index contributed by atoms with van der Waals surface area (Å²) in [6.45, 7) is 2.50. The van der Waals surface area contributed by atoms with Crippen molar-refractivity contribution in [1.82, 2.24) is 15.0 Å². The maximum absolute atomic E-state index is 9.12. The zero-order valence-corrected chi connectivity index (χ0v) is 12.4. The molecule has 1 aliphatic rings. The molecular weight excluding hydrogens is 280 g/mol. The Labute approximate surface area is 129 Å². The van der Waals surface area contributed by atoms with Crippen LogP contribution in [0, 0.1) is 0 Å². The molecule has 22 heavy (non-hydrogen) atoms.